The molecule has 1 saturated carbocycles. The van der Waals surface area contributed by atoms with Crippen LogP contribution in [0.25, 0.3) is 22.4 Å². The van der Waals surface area contributed by atoms with Gasteiger partial charge in [0.05, 0.1) is 23.1 Å². The van der Waals surface area contributed by atoms with E-state index in [9.17, 15) is 8.78 Å². The minimum absolute atomic E-state index is 0.0849. The molecular formula is C17H15ClF2N4O. The normalized spacial score (nSPS) is 14.4. The van der Waals surface area contributed by atoms with Crippen molar-refractivity contribution in [2.75, 3.05) is 0 Å². The van der Waals surface area contributed by atoms with Crippen molar-refractivity contribution in [2.45, 2.75) is 32.4 Å². The first-order valence-electron chi connectivity index (χ1n) is 8.03. The fraction of sp³-hybridized carbons (Fsp3) is 0.353. The highest BCUT2D eigenvalue weighted by Gasteiger charge is 2.21. The van der Waals surface area contributed by atoms with E-state index in [1.807, 2.05) is 4.68 Å². The second-order valence-electron chi connectivity index (χ2n) is 6.09. The van der Waals surface area contributed by atoms with Gasteiger partial charge < -0.3 is 4.74 Å². The van der Waals surface area contributed by atoms with Crippen molar-refractivity contribution in [3.05, 3.63) is 35.6 Å². The minimum Gasteiger partial charge on any atom is -0.433 e. The van der Waals surface area contributed by atoms with Crippen LogP contribution in [-0.4, -0.2) is 26.4 Å². The largest absolute Gasteiger partial charge is 0.433 e. The number of rotatable bonds is 6. The van der Waals surface area contributed by atoms with Gasteiger partial charge in [-0.3, -0.25) is 0 Å². The number of fused-ring (bicyclic) bond motifs is 1. The van der Waals surface area contributed by atoms with Gasteiger partial charge in [-0.25, -0.2) is 14.6 Å². The van der Waals surface area contributed by atoms with Crippen molar-refractivity contribution < 1.29 is 13.5 Å². The molecule has 0 radical (unpaired) electrons. The number of halogens is 3. The second-order valence-corrected chi connectivity index (χ2v) is 6.49. The van der Waals surface area contributed by atoms with Gasteiger partial charge in [0.15, 0.2) is 5.65 Å². The van der Waals surface area contributed by atoms with E-state index in [-0.39, 0.29) is 10.8 Å². The van der Waals surface area contributed by atoms with Crippen molar-refractivity contribution in [3.8, 4) is 17.0 Å². The van der Waals surface area contributed by atoms with Crippen molar-refractivity contribution in [2.24, 2.45) is 5.92 Å². The Balaban J connectivity index is 1.67. The van der Waals surface area contributed by atoms with Crippen LogP contribution in [0.4, 0.5) is 8.78 Å². The van der Waals surface area contributed by atoms with Crippen LogP contribution in [0.2, 0.25) is 5.02 Å². The summed E-state index contributed by atoms with van der Waals surface area (Å²) in [5.41, 5.74) is 2.54. The molecule has 3 aromatic rings. The predicted octanol–water partition coefficient (Wildman–Crippen LogP) is 4.55. The van der Waals surface area contributed by atoms with Crippen molar-refractivity contribution in [1.29, 1.82) is 0 Å². The van der Waals surface area contributed by atoms with Gasteiger partial charge >= 0.3 is 6.61 Å². The van der Waals surface area contributed by atoms with E-state index in [0.29, 0.717) is 22.4 Å². The van der Waals surface area contributed by atoms with Crippen molar-refractivity contribution in [3.63, 3.8) is 0 Å². The summed E-state index contributed by atoms with van der Waals surface area (Å²) < 4.78 is 31.3. The first-order chi connectivity index (χ1) is 12.1. The number of nitrogens with zero attached hydrogens (tertiary/aromatic N) is 4. The highest BCUT2D eigenvalue weighted by molar-refractivity contribution is 6.32. The zero-order valence-electron chi connectivity index (χ0n) is 13.2. The lowest BCUT2D eigenvalue weighted by Gasteiger charge is -2.09. The number of ether oxygens (including phenoxy) is 1. The van der Waals surface area contributed by atoms with Crippen LogP contribution in [0.3, 0.4) is 0 Å². The summed E-state index contributed by atoms with van der Waals surface area (Å²) in [5.74, 6) is 0.707. The second kappa shape index (κ2) is 6.55. The van der Waals surface area contributed by atoms with Crippen LogP contribution in [0.15, 0.2) is 30.6 Å². The third kappa shape index (κ3) is 3.56. The fourth-order valence-corrected chi connectivity index (χ4v) is 2.87. The Bertz CT molecular complexity index is 911. The number of benzene rings is 1. The summed E-state index contributed by atoms with van der Waals surface area (Å²) in [4.78, 5) is 8.97. The van der Waals surface area contributed by atoms with E-state index >= 15 is 0 Å². The summed E-state index contributed by atoms with van der Waals surface area (Å²) in [6, 6.07) is 4.64. The van der Waals surface area contributed by atoms with Crippen LogP contribution in [0.1, 0.15) is 19.3 Å². The molecular weight excluding hydrogens is 350 g/mol. The third-order valence-corrected chi connectivity index (χ3v) is 4.55. The van der Waals surface area contributed by atoms with E-state index < -0.39 is 6.61 Å². The smallest absolute Gasteiger partial charge is 0.387 e. The molecule has 0 spiro atoms. The quantitative estimate of drug-likeness (QED) is 0.644. The Kier molecular flexibility index (Phi) is 4.25. The average Bonchev–Trinajstić information content (AvgIpc) is 3.33. The van der Waals surface area contributed by atoms with Crippen molar-refractivity contribution in [1.82, 2.24) is 19.7 Å². The molecule has 8 heteroatoms. The predicted molar refractivity (Wildman–Crippen MR) is 89.7 cm³/mol. The molecule has 1 aliphatic carbocycles. The summed E-state index contributed by atoms with van der Waals surface area (Å²) in [7, 11) is 0. The summed E-state index contributed by atoms with van der Waals surface area (Å²) in [5, 5.41) is 4.47. The molecule has 1 aliphatic rings. The zero-order valence-corrected chi connectivity index (χ0v) is 14.0. The van der Waals surface area contributed by atoms with E-state index in [1.165, 1.54) is 25.0 Å². The maximum absolute atomic E-state index is 12.5. The Morgan fingerprint density at radius 1 is 1.28 bits per heavy atom. The topological polar surface area (TPSA) is 52.8 Å². The minimum atomic E-state index is -2.94. The number of hydrogen-bond acceptors (Lipinski definition) is 4. The molecule has 0 saturated heterocycles. The lowest BCUT2D eigenvalue weighted by atomic mass is 10.1. The maximum atomic E-state index is 12.5. The van der Waals surface area contributed by atoms with Gasteiger partial charge in [-0.1, -0.05) is 30.5 Å². The third-order valence-electron chi connectivity index (χ3n) is 4.23. The van der Waals surface area contributed by atoms with Gasteiger partial charge in [-0.15, -0.1) is 0 Å². The molecule has 4 rings (SSSR count). The van der Waals surface area contributed by atoms with E-state index in [2.05, 4.69) is 19.8 Å². The van der Waals surface area contributed by atoms with Crippen LogP contribution in [0, 0.1) is 5.92 Å². The van der Waals surface area contributed by atoms with Crippen molar-refractivity contribution >= 4 is 22.8 Å². The first-order valence-corrected chi connectivity index (χ1v) is 8.41. The Hall–Kier alpha value is -2.28. The van der Waals surface area contributed by atoms with Crippen LogP contribution in [0.5, 0.6) is 5.75 Å². The van der Waals surface area contributed by atoms with E-state index in [1.54, 1.807) is 18.5 Å². The molecule has 0 amide bonds. The lowest BCUT2D eigenvalue weighted by Crippen LogP contribution is -2.03. The molecule has 25 heavy (non-hydrogen) atoms. The zero-order chi connectivity index (χ0) is 17.4. The summed E-state index contributed by atoms with van der Waals surface area (Å²) in [6.45, 7) is -2.14. The highest BCUT2D eigenvalue weighted by atomic mass is 35.5. The lowest BCUT2D eigenvalue weighted by molar-refractivity contribution is -0.0497. The standard InChI is InChI=1S/C17H15ClF2N4O/c18-12-4-3-11(7-15(12)25-17(19)20)13-8-21-14-9-22-24(16(14)23-13)6-5-10-1-2-10/h3-4,7-10,17H,1-2,5-6H2. The monoisotopic (exact) mass is 364 g/mol. The maximum Gasteiger partial charge on any atom is 0.387 e. The van der Waals surface area contributed by atoms with Gasteiger partial charge in [-0.2, -0.15) is 13.9 Å². The van der Waals surface area contributed by atoms with E-state index in [0.717, 1.165) is 18.9 Å². The number of hydrogen-bond donors (Lipinski definition) is 0. The molecule has 1 aromatic carbocycles. The Morgan fingerprint density at radius 2 is 2.12 bits per heavy atom. The van der Waals surface area contributed by atoms with Gasteiger partial charge in [0, 0.05) is 12.1 Å². The van der Waals surface area contributed by atoms with Crippen LogP contribution in [-0.2, 0) is 6.54 Å². The van der Waals surface area contributed by atoms with E-state index in [4.69, 9.17) is 11.6 Å². The van der Waals surface area contributed by atoms with Gasteiger partial charge in [0.1, 0.15) is 11.3 Å². The Labute approximate surface area is 147 Å². The molecule has 5 nitrogen and oxygen atoms in total. The molecule has 0 unspecified atom stereocenters. The first kappa shape index (κ1) is 16.2. The SMILES string of the molecule is FC(F)Oc1cc(-c2cnc3cnn(CCC4CC4)c3n2)ccc1Cl. The number of alkyl halides is 2. The van der Waals surface area contributed by atoms with Gasteiger partial charge in [0.25, 0.3) is 0 Å². The average molecular weight is 365 g/mol. The number of aromatic nitrogens is 4. The van der Waals surface area contributed by atoms with Gasteiger partial charge in [-0.05, 0) is 24.5 Å². The van der Waals surface area contributed by atoms with Crippen LogP contribution < -0.4 is 4.74 Å². The fourth-order valence-electron chi connectivity index (χ4n) is 2.71. The molecule has 130 valence electrons. The summed E-state index contributed by atoms with van der Waals surface area (Å²) >= 11 is 5.90. The number of aryl methyl sites for hydroxylation is 1. The Morgan fingerprint density at radius 3 is 2.88 bits per heavy atom. The molecule has 0 bridgehead atoms. The molecule has 0 atom stereocenters. The molecule has 1 fully saturated rings. The molecule has 0 N–H and O–H groups in total. The molecule has 2 aromatic heterocycles. The molecule has 0 aliphatic heterocycles. The molecule has 2 heterocycles. The summed E-state index contributed by atoms with van der Waals surface area (Å²) in [6.07, 6.45) is 6.93. The highest BCUT2D eigenvalue weighted by Crippen LogP contribution is 2.33. The van der Waals surface area contributed by atoms with Crippen LogP contribution >= 0.6 is 11.6 Å². The van der Waals surface area contributed by atoms with Gasteiger partial charge in [0.2, 0.25) is 0 Å².